The maximum absolute atomic E-state index is 13.6. The molecule has 6 nitrogen and oxygen atoms in total. The summed E-state index contributed by atoms with van der Waals surface area (Å²) < 4.78 is 24.0. The van der Waals surface area contributed by atoms with Gasteiger partial charge in [0.1, 0.15) is 0 Å². The number of amides is 1. The Bertz CT molecular complexity index is 877. The highest BCUT2D eigenvalue weighted by molar-refractivity contribution is 5.92. The maximum atomic E-state index is 13.6. The Labute approximate surface area is 143 Å². The van der Waals surface area contributed by atoms with Crippen LogP contribution >= 0.6 is 0 Å². The van der Waals surface area contributed by atoms with Gasteiger partial charge in [-0.25, -0.2) is 4.39 Å². The van der Waals surface area contributed by atoms with Gasteiger partial charge in [-0.3, -0.25) is 10.1 Å². The Hall–Kier alpha value is -3.22. The highest BCUT2D eigenvalue weighted by atomic mass is 19.1. The Morgan fingerprint density at radius 2 is 1.92 bits per heavy atom. The summed E-state index contributed by atoms with van der Waals surface area (Å²) in [5.74, 6) is -0.746. The predicted octanol–water partition coefficient (Wildman–Crippen LogP) is 3.59. The van der Waals surface area contributed by atoms with Crippen LogP contribution in [0.3, 0.4) is 0 Å². The van der Waals surface area contributed by atoms with Gasteiger partial charge in [0, 0.05) is 5.56 Å². The molecule has 1 atom stereocenters. The smallest absolute Gasteiger partial charge is 0.270 e. The fraction of sp³-hybridized carbons (Fsp3) is 0.167. The molecule has 0 unspecified atom stereocenters. The number of carbonyl (C=O) groups is 1. The number of halogens is 1. The number of para-hydroxylation sites is 1. The minimum atomic E-state index is -0.932. The number of aromatic nitrogens is 2. The maximum Gasteiger partial charge on any atom is 0.270 e. The van der Waals surface area contributed by atoms with E-state index in [9.17, 15) is 9.18 Å². The van der Waals surface area contributed by atoms with E-state index in [0.29, 0.717) is 0 Å². The number of carbonyl (C=O) groups excluding carboxylic acids is 1. The van der Waals surface area contributed by atoms with Gasteiger partial charge in [-0.05, 0) is 43.3 Å². The van der Waals surface area contributed by atoms with Crippen LogP contribution in [-0.4, -0.2) is 22.2 Å². The van der Waals surface area contributed by atoms with E-state index in [1.54, 1.807) is 12.1 Å². The zero-order valence-electron chi connectivity index (χ0n) is 13.7. The van der Waals surface area contributed by atoms with Crippen molar-refractivity contribution in [2.45, 2.75) is 20.0 Å². The molecule has 0 aliphatic carbocycles. The molecule has 7 heteroatoms. The molecule has 1 amide bonds. The molecule has 1 N–H and O–H groups in total. The normalized spacial score (nSPS) is 11.8. The van der Waals surface area contributed by atoms with Gasteiger partial charge in [-0.2, -0.15) is 4.98 Å². The number of hydrogen-bond acceptors (Lipinski definition) is 5. The van der Waals surface area contributed by atoms with Crippen LogP contribution in [0.4, 0.5) is 10.3 Å². The van der Waals surface area contributed by atoms with E-state index in [1.165, 1.54) is 19.1 Å². The average Bonchev–Trinajstić information content (AvgIpc) is 3.06. The van der Waals surface area contributed by atoms with Crippen molar-refractivity contribution in [3.8, 4) is 17.2 Å². The number of anilines is 1. The molecule has 0 spiro atoms. The molecule has 0 bridgehead atoms. The lowest BCUT2D eigenvalue weighted by atomic mass is 10.1. The molecule has 1 aromatic heterocycles. The Morgan fingerprint density at radius 1 is 1.20 bits per heavy atom. The first-order valence-corrected chi connectivity index (χ1v) is 7.66. The van der Waals surface area contributed by atoms with E-state index in [0.717, 1.165) is 11.1 Å². The molecule has 1 heterocycles. The van der Waals surface area contributed by atoms with Crippen molar-refractivity contribution in [2.24, 2.45) is 0 Å². The molecular formula is C18H16FN3O3. The Balaban J connectivity index is 1.65. The average molecular weight is 341 g/mol. The molecule has 0 aliphatic rings. The molecule has 0 saturated heterocycles. The summed E-state index contributed by atoms with van der Waals surface area (Å²) in [4.78, 5) is 16.3. The SMILES string of the molecule is Cc1ccc(-c2nc(NC(=O)[C@@H](C)Oc3ccccc3F)no2)cc1. The fourth-order valence-electron chi connectivity index (χ4n) is 2.08. The Morgan fingerprint density at radius 3 is 2.64 bits per heavy atom. The number of benzene rings is 2. The predicted molar refractivity (Wildman–Crippen MR) is 89.6 cm³/mol. The van der Waals surface area contributed by atoms with Crippen LogP contribution in [0.2, 0.25) is 0 Å². The summed E-state index contributed by atoms with van der Waals surface area (Å²) in [5.41, 5.74) is 1.85. The highest BCUT2D eigenvalue weighted by Gasteiger charge is 2.19. The van der Waals surface area contributed by atoms with Crippen molar-refractivity contribution in [1.29, 1.82) is 0 Å². The fourth-order valence-corrected chi connectivity index (χ4v) is 2.08. The van der Waals surface area contributed by atoms with E-state index in [1.807, 2.05) is 31.2 Å². The number of nitrogens with one attached hydrogen (secondary N) is 1. The van der Waals surface area contributed by atoms with E-state index >= 15 is 0 Å². The lowest BCUT2D eigenvalue weighted by Gasteiger charge is -2.13. The third-order valence-electron chi connectivity index (χ3n) is 3.47. The topological polar surface area (TPSA) is 77.2 Å². The number of aryl methyl sites for hydroxylation is 1. The number of nitrogens with zero attached hydrogens (tertiary/aromatic N) is 2. The first kappa shape index (κ1) is 16.6. The molecule has 3 aromatic rings. The largest absolute Gasteiger partial charge is 0.478 e. The first-order valence-electron chi connectivity index (χ1n) is 7.66. The molecule has 2 aromatic carbocycles. The number of rotatable bonds is 5. The third-order valence-corrected chi connectivity index (χ3v) is 3.47. The van der Waals surface area contributed by atoms with Crippen LogP contribution in [0, 0.1) is 12.7 Å². The highest BCUT2D eigenvalue weighted by Crippen LogP contribution is 2.20. The van der Waals surface area contributed by atoms with Gasteiger partial charge < -0.3 is 9.26 Å². The third kappa shape index (κ3) is 4.00. The van der Waals surface area contributed by atoms with Crippen molar-refractivity contribution in [3.63, 3.8) is 0 Å². The second-order valence-corrected chi connectivity index (χ2v) is 5.47. The molecular weight excluding hydrogens is 325 g/mol. The van der Waals surface area contributed by atoms with Crippen LogP contribution in [0.15, 0.2) is 53.1 Å². The van der Waals surface area contributed by atoms with Crippen LogP contribution in [0.5, 0.6) is 5.75 Å². The van der Waals surface area contributed by atoms with Gasteiger partial charge in [0.2, 0.25) is 0 Å². The van der Waals surface area contributed by atoms with Crippen LogP contribution in [0.25, 0.3) is 11.5 Å². The molecule has 0 saturated carbocycles. The monoisotopic (exact) mass is 341 g/mol. The summed E-state index contributed by atoms with van der Waals surface area (Å²) in [6.45, 7) is 3.48. The quantitative estimate of drug-likeness (QED) is 0.767. The van der Waals surface area contributed by atoms with Crippen molar-refractivity contribution < 1.29 is 18.4 Å². The van der Waals surface area contributed by atoms with Gasteiger partial charge in [0.15, 0.2) is 17.7 Å². The molecule has 0 aliphatic heterocycles. The number of hydrogen-bond donors (Lipinski definition) is 1. The second-order valence-electron chi connectivity index (χ2n) is 5.47. The van der Waals surface area contributed by atoms with E-state index < -0.39 is 17.8 Å². The van der Waals surface area contributed by atoms with Crippen LogP contribution < -0.4 is 10.1 Å². The lowest BCUT2D eigenvalue weighted by Crippen LogP contribution is -2.30. The minimum absolute atomic E-state index is 0.00129. The van der Waals surface area contributed by atoms with Crippen molar-refractivity contribution in [2.75, 3.05) is 5.32 Å². The van der Waals surface area contributed by atoms with E-state index in [2.05, 4.69) is 15.5 Å². The standard InChI is InChI=1S/C18H16FN3O3/c1-11-7-9-13(10-8-11)17-21-18(22-25-17)20-16(23)12(2)24-15-6-4-3-5-14(15)19/h3-10,12H,1-2H3,(H,20,22,23)/t12-/m1/s1. The van der Waals surface area contributed by atoms with E-state index in [4.69, 9.17) is 9.26 Å². The number of ether oxygens (including phenoxy) is 1. The minimum Gasteiger partial charge on any atom is -0.478 e. The van der Waals surface area contributed by atoms with E-state index in [-0.39, 0.29) is 17.6 Å². The van der Waals surface area contributed by atoms with Gasteiger partial charge >= 0.3 is 0 Å². The first-order chi connectivity index (χ1) is 12.0. The summed E-state index contributed by atoms with van der Waals surface area (Å²) in [5, 5.41) is 6.19. The zero-order chi connectivity index (χ0) is 17.8. The van der Waals surface area contributed by atoms with Crippen molar-refractivity contribution >= 4 is 11.9 Å². The van der Waals surface area contributed by atoms with Gasteiger partial charge in [-0.1, -0.05) is 29.8 Å². The summed E-state index contributed by atoms with van der Waals surface area (Å²) in [7, 11) is 0. The van der Waals surface area contributed by atoms with Crippen LogP contribution in [-0.2, 0) is 4.79 Å². The molecule has 0 radical (unpaired) electrons. The van der Waals surface area contributed by atoms with Gasteiger partial charge in [0.05, 0.1) is 0 Å². The Kier molecular flexibility index (Phi) is 4.74. The molecule has 25 heavy (non-hydrogen) atoms. The lowest BCUT2D eigenvalue weighted by molar-refractivity contribution is -0.122. The second kappa shape index (κ2) is 7.12. The van der Waals surface area contributed by atoms with Crippen molar-refractivity contribution in [3.05, 3.63) is 59.9 Å². The molecule has 3 rings (SSSR count). The zero-order valence-corrected chi connectivity index (χ0v) is 13.7. The van der Waals surface area contributed by atoms with Crippen molar-refractivity contribution in [1.82, 2.24) is 10.1 Å². The summed E-state index contributed by atoms with van der Waals surface area (Å²) in [6.07, 6.45) is -0.932. The molecule has 0 fully saturated rings. The van der Waals surface area contributed by atoms with Gasteiger partial charge in [-0.15, -0.1) is 0 Å². The van der Waals surface area contributed by atoms with Gasteiger partial charge in [0.25, 0.3) is 17.7 Å². The summed E-state index contributed by atoms with van der Waals surface area (Å²) in [6, 6.07) is 13.4. The molecule has 128 valence electrons. The summed E-state index contributed by atoms with van der Waals surface area (Å²) >= 11 is 0. The van der Waals surface area contributed by atoms with Crippen LogP contribution in [0.1, 0.15) is 12.5 Å².